The van der Waals surface area contributed by atoms with Crippen LogP contribution in [0.15, 0.2) is 46.9 Å². The van der Waals surface area contributed by atoms with E-state index in [0.29, 0.717) is 0 Å². The SMILES string of the molecule is Fc1cc(C2(c3ccc(Br)cc3)CCN(Cl)CC2)ccc1Cl. The van der Waals surface area contributed by atoms with Gasteiger partial charge in [0.15, 0.2) is 0 Å². The van der Waals surface area contributed by atoms with Gasteiger partial charge in [-0.3, -0.25) is 0 Å². The van der Waals surface area contributed by atoms with Gasteiger partial charge in [0.2, 0.25) is 0 Å². The fourth-order valence-electron chi connectivity index (χ4n) is 3.17. The quantitative estimate of drug-likeness (QED) is 0.575. The van der Waals surface area contributed by atoms with E-state index < -0.39 is 0 Å². The number of nitrogens with zero attached hydrogens (tertiary/aromatic N) is 1. The molecule has 22 heavy (non-hydrogen) atoms. The molecule has 3 rings (SSSR count). The lowest BCUT2D eigenvalue weighted by atomic mass is 9.68. The third kappa shape index (κ3) is 3.05. The zero-order chi connectivity index (χ0) is 15.7. The molecule has 2 aromatic carbocycles. The minimum Gasteiger partial charge on any atom is -0.220 e. The van der Waals surface area contributed by atoms with Crippen LogP contribution >= 0.6 is 39.3 Å². The third-order valence-corrected chi connectivity index (χ3v) is 5.60. The van der Waals surface area contributed by atoms with Crippen molar-refractivity contribution >= 4 is 39.3 Å². The first-order valence-corrected chi connectivity index (χ1v) is 8.64. The van der Waals surface area contributed by atoms with E-state index in [1.54, 1.807) is 16.6 Å². The maximum Gasteiger partial charge on any atom is 0.142 e. The van der Waals surface area contributed by atoms with Crippen molar-refractivity contribution < 1.29 is 4.39 Å². The Labute approximate surface area is 148 Å². The zero-order valence-electron chi connectivity index (χ0n) is 11.8. The Kier molecular flexibility index (Phi) is 4.79. The highest BCUT2D eigenvalue weighted by molar-refractivity contribution is 9.10. The molecule has 2 aromatic rings. The summed E-state index contributed by atoms with van der Waals surface area (Å²) in [4.78, 5) is 0. The molecular weight excluding hydrogens is 388 g/mol. The van der Waals surface area contributed by atoms with E-state index >= 15 is 0 Å². The van der Waals surface area contributed by atoms with E-state index in [2.05, 4.69) is 28.1 Å². The van der Waals surface area contributed by atoms with Gasteiger partial charge in [-0.25, -0.2) is 8.81 Å². The third-order valence-electron chi connectivity index (χ3n) is 4.43. The maximum atomic E-state index is 14.0. The first-order chi connectivity index (χ1) is 10.5. The van der Waals surface area contributed by atoms with Crippen LogP contribution in [-0.4, -0.2) is 17.5 Å². The Morgan fingerprint density at radius 3 is 2.18 bits per heavy atom. The Balaban J connectivity index is 2.10. The van der Waals surface area contributed by atoms with Gasteiger partial charge in [-0.15, -0.1) is 0 Å². The molecule has 0 bridgehead atoms. The van der Waals surface area contributed by atoms with Gasteiger partial charge >= 0.3 is 0 Å². The molecule has 1 fully saturated rings. The number of halogens is 4. The highest BCUT2D eigenvalue weighted by Gasteiger charge is 2.38. The van der Waals surface area contributed by atoms with E-state index in [0.717, 1.165) is 36.0 Å². The molecule has 0 atom stereocenters. The molecule has 1 aliphatic heterocycles. The number of rotatable bonds is 2. The second-order valence-corrected chi connectivity index (χ2v) is 7.43. The van der Waals surface area contributed by atoms with Crippen molar-refractivity contribution in [2.45, 2.75) is 18.3 Å². The monoisotopic (exact) mass is 401 g/mol. The summed E-state index contributed by atoms with van der Waals surface area (Å²) in [5.74, 6) is -0.371. The Hall–Kier alpha value is -0.610. The van der Waals surface area contributed by atoms with E-state index in [4.69, 9.17) is 23.4 Å². The topological polar surface area (TPSA) is 3.24 Å². The van der Waals surface area contributed by atoms with Crippen LogP contribution in [0.1, 0.15) is 24.0 Å². The standard InChI is InChI=1S/C17H15BrCl2FN/c18-14-4-1-12(2-5-14)17(7-9-22(20)10-8-17)13-3-6-15(19)16(21)11-13/h1-6,11H,7-10H2. The van der Waals surface area contributed by atoms with Gasteiger partial charge in [-0.2, -0.15) is 0 Å². The van der Waals surface area contributed by atoms with Gasteiger partial charge in [0.05, 0.1) is 5.02 Å². The minimum absolute atomic E-state index is 0.157. The van der Waals surface area contributed by atoms with Crippen molar-refractivity contribution in [3.8, 4) is 0 Å². The van der Waals surface area contributed by atoms with Gasteiger partial charge in [0.25, 0.3) is 0 Å². The van der Waals surface area contributed by atoms with Gasteiger partial charge in [0.1, 0.15) is 5.82 Å². The van der Waals surface area contributed by atoms with Crippen molar-refractivity contribution in [1.29, 1.82) is 0 Å². The molecule has 0 spiro atoms. The summed E-state index contributed by atoms with van der Waals surface area (Å²) in [6, 6.07) is 13.4. The largest absolute Gasteiger partial charge is 0.220 e. The Morgan fingerprint density at radius 2 is 1.59 bits per heavy atom. The van der Waals surface area contributed by atoms with E-state index in [9.17, 15) is 4.39 Å². The van der Waals surface area contributed by atoms with Crippen LogP contribution in [0.5, 0.6) is 0 Å². The second kappa shape index (κ2) is 6.48. The number of hydrogen-bond acceptors (Lipinski definition) is 1. The Morgan fingerprint density at radius 1 is 1.00 bits per heavy atom. The molecule has 1 saturated heterocycles. The second-order valence-electron chi connectivity index (χ2n) is 5.63. The smallest absolute Gasteiger partial charge is 0.142 e. The molecule has 0 unspecified atom stereocenters. The summed E-state index contributed by atoms with van der Waals surface area (Å²) in [7, 11) is 0. The summed E-state index contributed by atoms with van der Waals surface area (Å²) >= 11 is 15.4. The van der Waals surface area contributed by atoms with Crippen LogP contribution in [0.3, 0.4) is 0 Å². The molecule has 116 valence electrons. The van der Waals surface area contributed by atoms with E-state index in [1.165, 1.54) is 5.56 Å². The molecule has 0 saturated carbocycles. The molecule has 5 heteroatoms. The van der Waals surface area contributed by atoms with Crippen LogP contribution in [0.25, 0.3) is 0 Å². The summed E-state index contributed by atoms with van der Waals surface area (Å²) < 4.78 is 16.8. The number of hydrogen-bond donors (Lipinski definition) is 0. The number of piperidine rings is 1. The molecule has 1 aliphatic rings. The summed E-state index contributed by atoms with van der Waals surface area (Å²) in [5.41, 5.74) is 1.92. The zero-order valence-corrected chi connectivity index (χ0v) is 14.9. The van der Waals surface area contributed by atoms with E-state index in [1.807, 2.05) is 18.2 Å². The fourth-order valence-corrected chi connectivity index (χ4v) is 3.72. The molecule has 0 radical (unpaired) electrons. The lowest BCUT2D eigenvalue weighted by molar-refractivity contribution is 0.274. The minimum atomic E-state index is -0.371. The van der Waals surface area contributed by atoms with Crippen molar-refractivity contribution in [3.05, 3.63) is 68.9 Å². The van der Waals surface area contributed by atoms with E-state index in [-0.39, 0.29) is 16.3 Å². The predicted molar refractivity (Wildman–Crippen MR) is 93.0 cm³/mol. The van der Waals surface area contributed by atoms with Crippen molar-refractivity contribution in [3.63, 3.8) is 0 Å². The molecule has 1 nitrogen and oxygen atoms in total. The highest BCUT2D eigenvalue weighted by Crippen LogP contribution is 2.43. The van der Waals surface area contributed by atoms with Crippen LogP contribution in [0.2, 0.25) is 5.02 Å². The first kappa shape index (κ1) is 16.3. The van der Waals surface area contributed by atoms with Crippen molar-refractivity contribution in [2.24, 2.45) is 0 Å². The highest BCUT2D eigenvalue weighted by atomic mass is 79.9. The molecule has 1 heterocycles. The average molecular weight is 403 g/mol. The average Bonchev–Trinajstić information content (AvgIpc) is 2.52. The lowest BCUT2D eigenvalue weighted by Gasteiger charge is -2.41. The van der Waals surface area contributed by atoms with Gasteiger partial charge in [0, 0.05) is 23.0 Å². The molecule has 0 aromatic heterocycles. The lowest BCUT2D eigenvalue weighted by Crippen LogP contribution is -2.39. The van der Waals surface area contributed by atoms with Crippen molar-refractivity contribution in [2.75, 3.05) is 13.1 Å². The molecule has 0 N–H and O–H groups in total. The molecule has 0 amide bonds. The van der Waals surface area contributed by atoms with Crippen molar-refractivity contribution in [1.82, 2.24) is 4.42 Å². The fraction of sp³-hybridized carbons (Fsp3) is 0.294. The normalized spacial score (nSPS) is 18.4. The van der Waals surface area contributed by atoms with Crippen LogP contribution in [0, 0.1) is 5.82 Å². The summed E-state index contributed by atoms with van der Waals surface area (Å²) in [6.45, 7) is 1.53. The van der Waals surface area contributed by atoms with Crippen LogP contribution in [0.4, 0.5) is 4.39 Å². The number of benzene rings is 2. The Bertz CT molecular complexity index is 667. The summed E-state index contributed by atoms with van der Waals surface area (Å²) in [6.07, 6.45) is 1.69. The van der Waals surface area contributed by atoms with Crippen LogP contribution < -0.4 is 0 Å². The van der Waals surface area contributed by atoms with Gasteiger partial charge in [-0.1, -0.05) is 45.7 Å². The summed E-state index contributed by atoms with van der Waals surface area (Å²) in [5, 5.41) is 0.157. The van der Waals surface area contributed by atoms with Crippen LogP contribution in [-0.2, 0) is 5.41 Å². The maximum absolute atomic E-state index is 14.0. The van der Waals surface area contributed by atoms with Gasteiger partial charge in [-0.05, 0) is 60.0 Å². The first-order valence-electron chi connectivity index (χ1n) is 7.13. The molecule has 0 aliphatic carbocycles. The molecular formula is C17H15BrCl2FN. The predicted octanol–water partition coefficient (Wildman–Crippen LogP) is 5.78. The van der Waals surface area contributed by atoms with Gasteiger partial charge < -0.3 is 0 Å².